The molecule has 0 aliphatic heterocycles. The summed E-state index contributed by atoms with van der Waals surface area (Å²) in [5.41, 5.74) is 1.04. The number of benzene rings is 1. The summed E-state index contributed by atoms with van der Waals surface area (Å²) in [7, 11) is 2.90. The maximum absolute atomic E-state index is 11.4. The first-order valence-corrected chi connectivity index (χ1v) is 4.36. The zero-order chi connectivity index (χ0) is 10.8. The zero-order valence-electron chi connectivity index (χ0n) is 8.40. The molecule has 0 spiro atoms. The Morgan fingerprint density at radius 2 is 2.20 bits per heavy atom. The summed E-state index contributed by atoms with van der Waals surface area (Å²) >= 11 is 0. The van der Waals surface area contributed by atoms with Crippen molar-refractivity contribution in [3.63, 3.8) is 0 Å². The van der Waals surface area contributed by atoms with E-state index >= 15 is 0 Å². The van der Waals surface area contributed by atoms with E-state index in [2.05, 4.69) is 14.9 Å². The van der Waals surface area contributed by atoms with Crippen molar-refractivity contribution < 1.29 is 14.3 Å². The molecule has 1 N–H and O–H groups in total. The Bertz CT molecular complexity index is 504. The van der Waals surface area contributed by atoms with Gasteiger partial charge in [-0.3, -0.25) is 5.10 Å². The van der Waals surface area contributed by atoms with E-state index in [1.807, 2.05) is 0 Å². The first-order valence-electron chi connectivity index (χ1n) is 4.36. The van der Waals surface area contributed by atoms with Crippen molar-refractivity contribution in [1.82, 2.24) is 10.2 Å². The number of rotatable bonds is 2. The number of carbonyl (C=O) groups is 1. The summed E-state index contributed by atoms with van der Waals surface area (Å²) in [5.74, 6) is 0.236. The lowest BCUT2D eigenvalue weighted by atomic mass is 10.2. The van der Waals surface area contributed by atoms with Gasteiger partial charge in [0.15, 0.2) is 5.69 Å². The molecule has 1 heterocycles. The molecule has 0 fully saturated rings. The number of carbonyl (C=O) groups excluding carboxylic acids is 1. The average molecular weight is 206 g/mol. The smallest absolute Gasteiger partial charge is 0.356 e. The summed E-state index contributed by atoms with van der Waals surface area (Å²) in [5, 5.41) is 7.31. The van der Waals surface area contributed by atoms with Gasteiger partial charge in [-0.15, -0.1) is 0 Å². The zero-order valence-corrected chi connectivity index (χ0v) is 8.40. The number of ether oxygens (including phenoxy) is 2. The summed E-state index contributed by atoms with van der Waals surface area (Å²) in [6.45, 7) is 0. The number of esters is 1. The SMILES string of the molecule is COC(=O)c1[nH]nc2ccc(OC)cc12. The van der Waals surface area contributed by atoms with E-state index in [1.165, 1.54) is 7.11 Å². The molecule has 0 atom stereocenters. The lowest BCUT2D eigenvalue weighted by Gasteiger charge is -1.99. The predicted molar refractivity (Wildman–Crippen MR) is 54.0 cm³/mol. The molecule has 0 saturated heterocycles. The van der Waals surface area contributed by atoms with Crippen LogP contribution in [0.3, 0.4) is 0 Å². The first-order chi connectivity index (χ1) is 7.26. The standard InChI is InChI=1S/C10H10N2O3/c1-14-6-3-4-8-7(5-6)9(12-11-8)10(13)15-2/h3-5H,1-2H3,(H,11,12). The van der Waals surface area contributed by atoms with Gasteiger partial charge < -0.3 is 9.47 Å². The number of hydrogen-bond acceptors (Lipinski definition) is 4. The molecule has 2 aromatic rings. The Balaban J connectivity index is 2.61. The van der Waals surface area contributed by atoms with Crippen molar-refractivity contribution in [1.29, 1.82) is 0 Å². The van der Waals surface area contributed by atoms with E-state index in [9.17, 15) is 4.79 Å². The summed E-state index contributed by atoms with van der Waals surface area (Å²) in [6.07, 6.45) is 0. The highest BCUT2D eigenvalue weighted by molar-refractivity contribution is 6.02. The van der Waals surface area contributed by atoms with Crippen LogP contribution in [0.2, 0.25) is 0 Å². The van der Waals surface area contributed by atoms with E-state index in [-0.39, 0.29) is 0 Å². The molecule has 15 heavy (non-hydrogen) atoms. The third-order valence-electron chi connectivity index (χ3n) is 2.15. The third kappa shape index (κ3) is 1.52. The predicted octanol–water partition coefficient (Wildman–Crippen LogP) is 1.36. The molecule has 2 rings (SSSR count). The molecule has 0 aliphatic rings. The third-order valence-corrected chi connectivity index (χ3v) is 2.15. The highest BCUT2D eigenvalue weighted by atomic mass is 16.5. The molecule has 78 valence electrons. The fraction of sp³-hybridized carbons (Fsp3) is 0.200. The number of aromatic nitrogens is 2. The lowest BCUT2D eigenvalue weighted by molar-refractivity contribution is 0.0596. The average Bonchev–Trinajstić information content (AvgIpc) is 2.70. The Kier molecular flexibility index (Phi) is 2.29. The van der Waals surface area contributed by atoms with Crippen molar-refractivity contribution in [2.75, 3.05) is 14.2 Å². The van der Waals surface area contributed by atoms with Gasteiger partial charge in [0.1, 0.15) is 5.75 Å². The van der Waals surface area contributed by atoms with Crippen LogP contribution in [-0.4, -0.2) is 30.4 Å². The Morgan fingerprint density at radius 3 is 2.87 bits per heavy atom. The van der Waals surface area contributed by atoms with Crippen molar-refractivity contribution in [3.8, 4) is 5.75 Å². The fourth-order valence-corrected chi connectivity index (χ4v) is 1.37. The molecule has 0 unspecified atom stereocenters. The van der Waals surface area contributed by atoms with Crippen LogP contribution in [0, 0.1) is 0 Å². The van der Waals surface area contributed by atoms with Crippen LogP contribution in [0.5, 0.6) is 5.75 Å². The van der Waals surface area contributed by atoms with E-state index < -0.39 is 5.97 Å². The minimum Gasteiger partial charge on any atom is -0.497 e. The number of hydrogen-bond donors (Lipinski definition) is 1. The fourth-order valence-electron chi connectivity index (χ4n) is 1.37. The van der Waals surface area contributed by atoms with Crippen molar-refractivity contribution >= 4 is 16.9 Å². The molecule has 0 radical (unpaired) electrons. The van der Waals surface area contributed by atoms with Gasteiger partial charge in [0.25, 0.3) is 0 Å². The van der Waals surface area contributed by atoms with Gasteiger partial charge in [0.2, 0.25) is 0 Å². The Labute approximate surface area is 86.0 Å². The first kappa shape index (κ1) is 9.51. The number of aromatic amines is 1. The van der Waals surface area contributed by atoms with Gasteiger partial charge in [0.05, 0.1) is 19.7 Å². The van der Waals surface area contributed by atoms with Gasteiger partial charge in [-0.05, 0) is 18.2 Å². The van der Waals surface area contributed by atoms with Crippen LogP contribution in [0.15, 0.2) is 18.2 Å². The van der Waals surface area contributed by atoms with Crippen molar-refractivity contribution in [2.45, 2.75) is 0 Å². The van der Waals surface area contributed by atoms with E-state index in [0.717, 1.165) is 0 Å². The molecule has 1 aromatic carbocycles. The largest absolute Gasteiger partial charge is 0.497 e. The van der Waals surface area contributed by atoms with E-state index in [1.54, 1.807) is 25.3 Å². The molecular formula is C10H10N2O3. The monoisotopic (exact) mass is 206 g/mol. The second-order valence-corrected chi connectivity index (χ2v) is 2.97. The molecule has 5 nitrogen and oxygen atoms in total. The topological polar surface area (TPSA) is 64.2 Å². The van der Waals surface area contributed by atoms with Crippen LogP contribution >= 0.6 is 0 Å². The molecule has 0 bridgehead atoms. The quantitative estimate of drug-likeness (QED) is 0.753. The number of fused-ring (bicyclic) bond motifs is 1. The van der Waals surface area contributed by atoms with Gasteiger partial charge in [-0.1, -0.05) is 0 Å². The van der Waals surface area contributed by atoms with Gasteiger partial charge >= 0.3 is 5.97 Å². The van der Waals surface area contributed by atoms with E-state index in [0.29, 0.717) is 22.3 Å². The highest BCUT2D eigenvalue weighted by Gasteiger charge is 2.13. The second kappa shape index (κ2) is 3.61. The maximum atomic E-state index is 11.4. The molecule has 0 aliphatic carbocycles. The van der Waals surface area contributed by atoms with Gasteiger partial charge in [-0.25, -0.2) is 4.79 Å². The second-order valence-electron chi connectivity index (χ2n) is 2.97. The number of nitrogens with zero attached hydrogens (tertiary/aromatic N) is 1. The minimum atomic E-state index is -0.439. The Morgan fingerprint density at radius 1 is 1.40 bits per heavy atom. The molecule has 0 saturated carbocycles. The summed E-state index contributed by atoms with van der Waals surface area (Å²) in [6, 6.07) is 5.30. The van der Waals surface area contributed by atoms with Crippen molar-refractivity contribution in [3.05, 3.63) is 23.9 Å². The van der Waals surface area contributed by atoms with Crippen LogP contribution in [0.4, 0.5) is 0 Å². The van der Waals surface area contributed by atoms with Crippen LogP contribution in [0.1, 0.15) is 10.5 Å². The minimum absolute atomic E-state index is 0.339. The lowest BCUT2D eigenvalue weighted by Crippen LogP contribution is -2.01. The molecule has 0 amide bonds. The normalized spacial score (nSPS) is 10.3. The number of nitrogens with one attached hydrogen (secondary N) is 1. The molecule has 5 heteroatoms. The number of H-pyrrole nitrogens is 1. The van der Waals surface area contributed by atoms with E-state index in [4.69, 9.17) is 4.74 Å². The van der Waals surface area contributed by atoms with Gasteiger partial charge in [0, 0.05) is 5.39 Å². The summed E-state index contributed by atoms with van der Waals surface area (Å²) in [4.78, 5) is 11.4. The van der Waals surface area contributed by atoms with Gasteiger partial charge in [-0.2, -0.15) is 5.10 Å². The number of methoxy groups -OCH3 is 2. The molecular weight excluding hydrogens is 196 g/mol. The Hall–Kier alpha value is -2.04. The van der Waals surface area contributed by atoms with Crippen LogP contribution in [0.25, 0.3) is 10.9 Å². The molecule has 1 aromatic heterocycles. The highest BCUT2D eigenvalue weighted by Crippen LogP contribution is 2.22. The van der Waals surface area contributed by atoms with Crippen LogP contribution in [-0.2, 0) is 4.74 Å². The summed E-state index contributed by atoms with van der Waals surface area (Å²) < 4.78 is 9.69. The van der Waals surface area contributed by atoms with Crippen LogP contribution < -0.4 is 4.74 Å². The van der Waals surface area contributed by atoms with Crippen molar-refractivity contribution in [2.24, 2.45) is 0 Å². The maximum Gasteiger partial charge on any atom is 0.356 e.